The van der Waals surface area contributed by atoms with Gasteiger partial charge in [-0.3, -0.25) is 4.98 Å². The minimum atomic E-state index is 0.0877. The van der Waals surface area contributed by atoms with Crippen LogP contribution in [-0.2, 0) is 5.41 Å². The Morgan fingerprint density at radius 2 is 1.85 bits per heavy atom. The summed E-state index contributed by atoms with van der Waals surface area (Å²) in [7, 11) is 1.71. The Hall–Kier alpha value is -1.05. The number of hydrogen-bond acceptors (Lipinski definition) is 2. The summed E-state index contributed by atoms with van der Waals surface area (Å²) in [5.41, 5.74) is 2.34. The third-order valence-electron chi connectivity index (χ3n) is 2.09. The summed E-state index contributed by atoms with van der Waals surface area (Å²) < 4.78 is 5.36. The molecule has 13 heavy (non-hydrogen) atoms. The second kappa shape index (κ2) is 3.36. The lowest BCUT2D eigenvalue weighted by molar-refractivity contribution is 0.393. The number of rotatable bonds is 1. The maximum Gasteiger partial charge on any atom is 0.128 e. The molecule has 1 aromatic heterocycles. The van der Waals surface area contributed by atoms with Gasteiger partial charge in [0.2, 0.25) is 0 Å². The molecule has 0 aromatic carbocycles. The maximum absolute atomic E-state index is 5.36. The predicted molar refractivity (Wildman–Crippen MR) is 54.2 cm³/mol. The number of hydrogen-bond donors (Lipinski definition) is 0. The Morgan fingerprint density at radius 1 is 1.23 bits per heavy atom. The molecule has 0 atom stereocenters. The highest BCUT2D eigenvalue weighted by Gasteiger charge is 2.19. The van der Waals surface area contributed by atoms with E-state index in [0.717, 1.165) is 16.9 Å². The minimum Gasteiger partial charge on any atom is -0.496 e. The highest BCUT2D eigenvalue weighted by atomic mass is 16.5. The molecule has 0 fully saturated rings. The Bertz CT molecular complexity index is 299. The number of aromatic nitrogens is 1. The van der Waals surface area contributed by atoms with Crippen LogP contribution in [-0.4, -0.2) is 12.1 Å². The van der Waals surface area contributed by atoms with E-state index in [1.54, 1.807) is 7.11 Å². The average molecular weight is 179 g/mol. The molecular weight excluding hydrogens is 162 g/mol. The van der Waals surface area contributed by atoms with Gasteiger partial charge in [0.1, 0.15) is 5.75 Å². The van der Waals surface area contributed by atoms with Gasteiger partial charge in [0.05, 0.1) is 7.11 Å². The van der Waals surface area contributed by atoms with E-state index in [9.17, 15) is 0 Å². The number of ether oxygens (including phenoxy) is 1. The molecular formula is C11H17NO. The van der Waals surface area contributed by atoms with Crippen molar-refractivity contribution >= 4 is 0 Å². The summed E-state index contributed by atoms with van der Waals surface area (Å²) in [5.74, 6) is 0.961. The zero-order chi connectivity index (χ0) is 10.1. The van der Waals surface area contributed by atoms with Crippen LogP contribution in [0.2, 0.25) is 0 Å². The van der Waals surface area contributed by atoms with E-state index in [2.05, 4.69) is 25.8 Å². The molecule has 0 N–H and O–H groups in total. The minimum absolute atomic E-state index is 0.0877. The molecule has 2 nitrogen and oxygen atoms in total. The van der Waals surface area contributed by atoms with Crippen LogP contribution >= 0.6 is 0 Å². The van der Waals surface area contributed by atoms with Crippen molar-refractivity contribution in [2.75, 3.05) is 7.11 Å². The van der Waals surface area contributed by atoms with Crippen LogP contribution in [0.25, 0.3) is 0 Å². The highest BCUT2D eigenvalue weighted by molar-refractivity contribution is 5.41. The van der Waals surface area contributed by atoms with Gasteiger partial charge >= 0.3 is 0 Å². The molecule has 0 aliphatic heterocycles. The first-order valence-electron chi connectivity index (χ1n) is 4.46. The summed E-state index contributed by atoms with van der Waals surface area (Å²) in [5, 5.41) is 0. The molecule has 1 rings (SSSR count). The molecule has 1 heterocycles. The summed E-state index contributed by atoms with van der Waals surface area (Å²) >= 11 is 0. The molecule has 0 unspecified atom stereocenters. The van der Waals surface area contributed by atoms with E-state index < -0.39 is 0 Å². The topological polar surface area (TPSA) is 22.1 Å². The monoisotopic (exact) mass is 179 g/mol. The van der Waals surface area contributed by atoms with Gasteiger partial charge in [-0.15, -0.1) is 0 Å². The molecule has 0 amide bonds. The third kappa shape index (κ3) is 2.00. The van der Waals surface area contributed by atoms with Crippen molar-refractivity contribution in [3.63, 3.8) is 0 Å². The van der Waals surface area contributed by atoms with Crippen LogP contribution < -0.4 is 4.74 Å². The van der Waals surface area contributed by atoms with Gasteiger partial charge < -0.3 is 4.74 Å². The fraction of sp³-hybridized carbons (Fsp3) is 0.545. The van der Waals surface area contributed by atoms with E-state index in [0.29, 0.717) is 0 Å². The molecule has 0 aliphatic carbocycles. The largest absolute Gasteiger partial charge is 0.496 e. The molecule has 0 saturated heterocycles. The lowest BCUT2D eigenvalue weighted by Gasteiger charge is -2.22. The standard InChI is InChI=1S/C11H17NO/c1-8-6-12-7-9(10(8)13-5)11(2,3)4/h6-7H,1-5H3. The summed E-state index contributed by atoms with van der Waals surface area (Å²) in [6, 6.07) is 0. The highest BCUT2D eigenvalue weighted by Crippen LogP contribution is 2.32. The molecule has 0 radical (unpaired) electrons. The van der Waals surface area contributed by atoms with Crippen molar-refractivity contribution in [2.24, 2.45) is 0 Å². The van der Waals surface area contributed by atoms with Gasteiger partial charge in [0.15, 0.2) is 0 Å². The predicted octanol–water partition coefficient (Wildman–Crippen LogP) is 2.70. The van der Waals surface area contributed by atoms with Crippen LogP contribution in [0.1, 0.15) is 31.9 Å². The summed E-state index contributed by atoms with van der Waals surface area (Å²) in [4.78, 5) is 4.18. The Kier molecular flexibility index (Phi) is 2.60. The Morgan fingerprint density at radius 3 is 2.23 bits per heavy atom. The lowest BCUT2D eigenvalue weighted by atomic mass is 9.87. The Balaban J connectivity index is 3.29. The number of nitrogens with zero attached hydrogens (tertiary/aromatic N) is 1. The quantitative estimate of drug-likeness (QED) is 0.661. The second-order valence-electron chi connectivity index (χ2n) is 4.29. The molecule has 0 saturated carbocycles. The van der Waals surface area contributed by atoms with Gasteiger partial charge in [-0.05, 0) is 12.3 Å². The zero-order valence-electron chi connectivity index (χ0n) is 9.01. The van der Waals surface area contributed by atoms with Crippen LogP contribution in [0.4, 0.5) is 0 Å². The van der Waals surface area contributed by atoms with Gasteiger partial charge in [-0.2, -0.15) is 0 Å². The Labute approximate surface area is 80.0 Å². The first-order chi connectivity index (χ1) is 5.96. The fourth-order valence-corrected chi connectivity index (χ4v) is 1.36. The summed E-state index contributed by atoms with van der Waals surface area (Å²) in [6.45, 7) is 8.49. The number of methoxy groups -OCH3 is 1. The van der Waals surface area contributed by atoms with Crippen molar-refractivity contribution < 1.29 is 4.74 Å². The normalized spacial score (nSPS) is 11.5. The average Bonchev–Trinajstić information content (AvgIpc) is 2.02. The van der Waals surface area contributed by atoms with Crippen molar-refractivity contribution in [1.29, 1.82) is 0 Å². The SMILES string of the molecule is COc1c(C)cncc1C(C)(C)C. The molecule has 72 valence electrons. The van der Waals surface area contributed by atoms with Crippen molar-refractivity contribution in [3.05, 3.63) is 23.5 Å². The van der Waals surface area contributed by atoms with Crippen LogP contribution in [0.3, 0.4) is 0 Å². The van der Waals surface area contributed by atoms with Gasteiger partial charge in [0.25, 0.3) is 0 Å². The molecule has 0 aliphatic rings. The van der Waals surface area contributed by atoms with Gasteiger partial charge in [0, 0.05) is 23.5 Å². The second-order valence-corrected chi connectivity index (χ2v) is 4.29. The number of aryl methyl sites for hydroxylation is 1. The summed E-state index contributed by atoms with van der Waals surface area (Å²) in [6.07, 6.45) is 3.71. The first-order valence-corrected chi connectivity index (χ1v) is 4.46. The third-order valence-corrected chi connectivity index (χ3v) is 2.09. The van der Waals surface area contributed by atoms with Crippen LogP contribution in [0.5, 0.6) is 5.75 Å². The lowest BCUT2D eigenvalue weighted by Crippen LogP contribution is -2.13. The van der Waals surface area contributed by atoms with Gasteiger partial charge in [-0.1, -0.05) is 20.8 Å². The van der Waals surface area contributed by atoms with Crippen molar-refractivity contribution in [3.8, 4) is 5.75 Å². The van der Waals surface area contributed by atoms with E-state index in [-0.39, 0.29) is 5.41 Å². The molecule has 0 spiro atoms. The van der Waals surface area contributed by atoms with E-state index >= 15 is 0 Å². The number of pyridine rings is 1. The maximum atomic E-state index is 5.36. The van der Waals surface area contributed by atoms with Crippen LogP contribution in [0.15, 0.2) is 12.4 Å². The molecule has 0 bridgehead atoms. The van der Waals surface area contributed by atoms with Crippen molar-refractivity contribution in [1.82, 2.24) is 4.98 Å². The van der Waals surface area contributed by atoms with Crippen LogP contribution in [0, 0.1) is 6.92 Å². The van der Waals surface area contributed by atoms with E-state index in [1.165, 1.54) is 0 Å². The molecule has 2 heteroatoms. The first kappa shape index (κ1) is 10.0. The smallest absolute Gasteiger partial charge is 0.128 e. The van der Waals surface area contributed by atoms with Gasteiger partial charge in [-0.25, -0.2) is 0 Å². The molecule has 1 aromatic rings. The zero-order valence-corrected chi connectivity index (χ0v) is 9.01. The van der Waals surface area contributed by atoms with E-state index in [1.807, 2.05) is 19.3 Å². The van der Waals surface area contributed by atoms with Crippen molar-refractivity contribution in [2.45, 2.75) is 33.1 Å². The van der Waals surface area contributed by atoms with E-state index in [4.69, 9.17) is 4.74 Å². The fourth-order valence-electron chi connectivity index (χ4n) is 1.36.